The van der Waals surface area contributed by atoms with Crippen LogP contribution in [0.5, 0.6) is 0 Å². The van der Waals surface area contributed by atoms with Crippen molar-refractivity contribution in [3.63, 3.8) is 0 Å². The maximum atomic E-state index is 13.5. The summed E-state index contributed by atoms with van der Waals surface area (Å²) in [6.45, 7) is 1.90. The molecule has 3 N–H and O–H groups in total. The third-order valence-corrected chi connectivity index (χ3v) is 2.77. The molecule has 0 bridgehead atoms. The largest absolute Gasteiger partial charge is 0.335 e. The zero-order chi connectivity index (χ0) is 13.8. The van der Waals surface area contributed by atoms with E-state index in [0.717, 1.165) is 0 Å². The number of halogens is 2. The highest BCUT2D eigenvalue weighted by molar-refractivity contribution is 6.33. The number of nitrogens with zero attached hydrogens (tertiary/aromatic N) is 4. The first kappa shape index (κ1) is 13.3. The Morgan fingerprint density at radius 3 is 2.95 bits per heavy atom. The van der Waals surface area contributed by atoms with E-state index in [4.69, 9.17) is 17.4 Å². The summed E-state index contributed by atoms with van der Waals surface area (Å²) < 4.78 is 14.7. The molecule has 0 aliphatic rings. The van der Waals surface area contributed by atoms with E-state index in [1.807, 2.05) is 6.92 Å². The minimum Gasteiger partial charge on any atom is -0.335 e. The summed E-state index contributed by atoms with van der Waals surface area (Å²) in [6, 6.07) is 4.40. The molecule has 6 nitrogen and oxygen atoms in total. The molecule has 2 rings (SSSR count). The van der Waals surface area contributed by atoms with Crippen LogP contribution in [-0.4, -0.2) is 21.1 Å². The third kappa shape index (κ3) is 2.82. The van der Waals surface area contributed by atoms with Crippen molar-refractivity contribution < 1.29 is 4.39 Å². The number of rotatable bonds is 4. The highest BCUT2D eigenvalue weighted by atomic mass is 35.5. The van der Waals surface area contributed by atoms with Gasteiger partial charge in [0.1, 0.15) is 5.82 Å². The molecule has 0 saturated heterocycles. The summed E-state index contributed by atoms with van der Waals surface area (Å²) in [5, 5.41) is 11.8. The molecule has 1 aromatic heterocycles. The predicted molar refractivity (Wildman–Crippen MR) is 72.2 cm³/mol. The van der Waals surface area contributed by atoms with Crippen molar-refractivity contribution in [1.29, 1.82) is 0 Å². The fraction of sp³-hybridized carbons (Fsp3) is 0.182. The third-order valence-electron chi connectivity index (χ3n) is 2.44. The Labute approximate surface area is 114 Å². The van der Waals surface area contributed by atoms with Crippen LogP contribution >= 0.6 is 11.6 Å². The lowest BCUT2D eigenvalue weighted by molar-refractivity contribution is 0.626. The quantitative estimate of drug-likeness (QED) is 0.509. The SMILES string of the molecule is CCc1nnc(N/N=C/c2c(F)cccc2Cl)n1N. The van der Waals surface area contributed by atoms with E-state index < -0.39 is 5.82 Å². The molecule has 8 heteroatoms. The predicted octanol–water partition coefficient (Wildman–Crippen LogP) is 1.79. The topological polar surface area (TPSA) is 81.1 Å². The van der Waals surface area contributed by atoms with E-state index in [2.05, 4.69) is 20.7 Å². The molecule has 0 spiro atoms. The molecule has 0 fully saturated rings. The second-order valence-corrected chi connectivity index (χ2v) is 4.08. The van der Waals surface area contributed by atoms with Crippen molar-refractivity contribution in [3.8, 4) is 0 Å². The van der Waals surface area contributed by atoms with E-state index in [9.17, 15) is 4.39 Å². The Morgan fingerprint density at radius 2 is 2.32 bits per heavy atom. The maximum Gasteiger partial charge on any atom is 0.263 e. The van der Waals surface area contributed by atoms with E-state index in [1.165, 1.54) is 23.0 Å². The van der Waals surface area contributed by atoms with Gasteiger partial charge in [0.2, 0.25) is 0 Å². The highest BCUT2D eigenvalue weighted by Gasteiger charge is 2.07. The summed E-state index contributed by atoms with van der Waals surface area (Å²) in [6.07, 6.45) is 1.91. The molecule has 1 heterocycles. The molecule has 0 atom stereocenters. The summed E-state index contributed by atoms with van der Waals surface area (Å²) in [7, 11) is 0. The average Bonchev–Trinajstić information content (AvgIpc) is 2.74. The van der Waals surface area contributed by atoms with E-state index in [-0.39, 0.29) is 16.5 Å². The molecule has 19 heavy (non-hydrogen) atoms. The molecule has 0 aliphatic heterocycles. The van der Waals surface area contributed by atoms with Gasteiger partial charge in [-0.3, -0.25) is 0 Å². The van der Waals surface area contributed by atoms with Crippen molar-refractivity contribution in [2.45, 2.75) is 13.3 Å². The van der Waals surface area contributed by atoms with Crippen molar-refractivity contribution in [3.05, 3.63) is 40.4 Å². The maximum absolute atomic E-state index is 13.5. The van der Waals surface area contributed by atoms with Crippen LogP contribution in [-0.2, 0) is 6.42 Å². The Morgan fingerprint density at radius 1 is 1.53 bits per heavy atom. The number of aromatic nitrogens is 3. The number of anilines is 1. The van der Waals surface area contributed by atoms with Crippen LogP contribution in [0, 0.1) is 5.82 Å². The lowest BCUT2D eigenvalue weighted by atomic mass is 10.2. The van der Waals surface area contributed by atoms with Gasteiger partial charge in [-0.25, -0.2) is 14.5 Å². The summed E-state index contributed by atoms with van der Waals surface area (Å²) in [5.41, 5.74) is 2.77. The van der Waals surface area contributed by atoms with Gasteiger partial charge in [-0.05, 0) is 12.1 Å². The summed E-state index contributed by atoms with van der Waals surface area (Å²) in [4.78, 5) is 0. The summed E-state index contributed by atoms with van der Waals surface area (Å²) >= 11 is 5.85. The zero-order valence-electron chi connectivity index (χ0n) is 10.1. The standard InChI is InChI=1S/C11H12ClFN6/c1-2-10-16-18-11(19(10)14)17-15-6-7-8(12)4-3-5-9(7)13/h3-6H,2,14H2,1H3,(H,17,18)/b15-6+. The number of benzene rings is 1. The van der Waals surface area contributed by atoms with Crippen molar-refractivity contribution in [2.24, 2.45) is 5.10 Å². The second kappa shape index (κ2) is 5.66. The summed E-state index contributed by atoms with van der Waals surface area (Å²) in [5.74, 6) is 6.13. The number of nitrogen functional groups attached to an aromatic ring is 1. The normalized spacial score (nSPS) is 11.1. The monoisotopic (exact) mass is 282 g/mol. The number of nitrogens with two attached hydrogens (primary N) is 1. The van der Waals surface area contributed by atoms with Gasteiger partial charge < -0.3 is 5.84 Å². The molecular formula is C11H12ClFN6. The number of hydrazone groups is 1. The van der Waals surface area contributed by atoms with E-state index >= 15 is 0 Å². The lowest BCUT2D eigenvalue weighted by Crippen LogP contribution is -2.15. The molecule has 1 aromatic carbocycles. The van der Waals surface area contributed by atoms with Gasteiger partial charge >= 0.3 is 0 Å². The Balaban J connectivity index is 2.14. The van der Waals surface area contributed by atoms with Crippen LogP contribution in [0.1, 0.15) is 18.3 Å². The van der Waals surface area contributed by atoms with Gasteiger partial charge in [-0.2, -0.15) is 5.10 Å². The van der Waals surface area contributed by atoms with Gasteiger partial charge in [0.25, 0.3) is 5.95 Å². The van der Waals surface area contributed by atoms with Gasteiger partial charge in [-0.1, -0.05) is 24.6 Å². The van der Waals surface area contributed by atoms with Crippen molar-refractivity contribution >= 4 is 23.8 Å². The molecule has 0 radical (unpaired) electrons. The Bertz CT molecular complexity index is 589. The first-order valence-electron chi connectivity index (χ1n) is 5.56. The average molecular weight is 283 g/mol. The van der Waals surface area contributed by atoms with Gasteiger partial charge in [0.05, 0.1) is 11.2 Å². The van der Waals surface area contributed by atoms with Crippen LogP contribution in [0.4, 0.5) is 10.3 Å². The minimum atomic E-state index is -0.457. The van der Waals surface area contributed by atoms with Gasteiger partial charge in [0.15, 0.2) is 5.82 Å². The fourth-order valence-corrected chi connectivity index (χ4v) is 1.64. The number of aryl methyl sites for hydroxylation is 1. The fourth-order valence-electron chi connectivity index (χ4n) is 1.43. The van der Waals surface area contributed by atoms with Crippen LogP contribution in [0.2, 0.25) is 5.02 Å². The highest BCUT2D eigenvalue weighted by Crippen LogP contribution is 2.16. The molecule has 0 aliphatic carbocycles. The van der Waals surface area contributed by atoms with Gasteiger partial charge in [0, 0.05) is 12.0 Å². The zero-order valence-corrected chi connectivity index (χ0v) is 10.9. The molecular weight excluding hydrogens is 271 g/mol. The molecule has 0 unspecified atom stereocenters. The van der Waals surface area contributed by atoms with Crippen LogP contribution in [0.15, 0.2) is 23.3 Å². The number of hydrogen-bond donors (Lipinski definition) is 2. The lowest BCUT2D eigenvalue weighted by Gasteiger charge is -2.01. The number of hydrogen-bond acceptors (Lipinski definition) is 5. The first-order chi connectivity index (χ1) is 9.13. The first-order valence-corrected chi connectivity index (χ1v) is 5.93. The van der Waals surface area contributed by atoms with E-state index in [1.54, 1.807) is 6.07 Å². The minimum absolute atomic E-state index is 0.190. The van der Waals surface area contributed by atoms with Crippen LogP contribution in [0.25, 0.3) is 0 Å². The second-order valence-electron chi connectivity index (χ2n) is 3.67. The molecule has 0 saturated carbocycles. The Hall–Kier alpha value is -2.15. The molecule has 0 amide bonds. The smallest absolute Gasteiger partial charge is 0.263 e. The van der Waals surface area contributed by atoms with Crippen LogP contribution in [0.3, 0.4) is 0 Å². The Kier molecular flexibility index (Phi) is 3.96. The molecule has 100 valence electrons. The van der Waals surface area contributed by atoms with Crippen LogP contribution < -0.4 is 11.3 Å². The van der Waals surface area contributed by atoms with E-state index in [0.29, 0.717) is 12.2 Å². The molecule has 2 aromatic rings. The van der Waals surface area contributed by atoms with Gasteiger partial charge in [-0.15, -0.1) is 10.2 Å². The van der Waals surface area contributed by atoms with Crippen molar-refractivity contribution in [2.75, 3.05) is 11.3 Å². The van der Waals surface area contributed by atoms with Crippen molar-refractivity contribution in [1.82, 2.24) is 14.9 Å². The number of nitrogens with one attached hydrogen (secondary N) is 1.